The van der Waals surface area contributed by atoms with E-state index in [4.69, 9.17) is 0 Å². The molecule has 0 saturated heterocycles. The normalized spacial score (nSPS) is 17.4. The Labute approximate surface area is 125 Å². The maximum Gasteiger partial charge on any atom is 0.265 e. The van der Waals surface area contributed by atoms with Crippen LogP contribution in [-0.2, 0) is 0 Å². The number of nitrogens with zero attached hydrogens (tertiary/aromatic N) is 2. The highest BCUT2D eigenvalue weighted by atomic mass is 79.9. The molecule has 1 atom stereocenters. The highest BCUT2D eigenvalue weighted by Crippen LogP contribution is 2.23. The number of allylic oxidation sites excluding steroid dienone is 4. The standard InChI is InChI=1S/C16H13BrN2O/c17-14-10-12(15-8-4-5-9-18-15)11-19(16(14)20)13-6-2-1-3-7-13/h1-6,8-11,13H,7H2. The summed E-state index contributed by atoms with van der Waals surface area (Å²) in [6, 6.07) is 7.64. The topological polar surface area (TPSA) is 34.9 Å². The van der Waals surface area contributed by atoms with E-state index < -0.39 is 0 Å². The summed E-state index contributed by atoms with van der Waals surface area (Å²) in [5.74, 6) is 0. The van der Waals surface area contributed by atoms with Gasteiger partial charge in [0.15, 0.2) is 0 Å². The van der Waals surface area contributed by atoms with Crippen LogP contribution in [0.15, 0.2) is 70.2 Å². The summed E-state index contributed by atoms with van der Waals surface area (Å²) in [4.78, 5) is 16.6. The van der Waals surface area contributed by atoms with Gasteiger partial charge in [0, 0.05) is 18.0 Å². The van der Waals surface area contributed by atoms with Gasteiger partial charge >= 0.3 is 0 Å². The molecular weight excluding hydrogens is 316 g/mol. The van der Waals surface area contributed by atoms with Gasteiger partial charge < -0.3 is 4.57 Å². The third-order valence-corrected chi connectivity index (χ3v) is 3.84. The van der Waals surface area contributed by atoms with Gasteiger partial charge in [0.1, 0.15) is 0 Å². The molecule has 1 aliphatic carbocycles. The maximum absolute atomic E-state index is 12.3. The zero-order valence-electron chi connectivity index (χ0n) is 10.7. The molecule has 2 heterocycles. The molecule has 3 nitrogen and oxygen atoms in total. The molecule has 1 unspecified atom stereocenters. The molecule has 0 spiro atoms. The van der Waals surface area contributed by atoms with Gasteiger partial charge in [0.05, 0.1) is 16.2 Å². The maximum atomic E-state index is 12.3. The van der Waals surface area contributed by atoms with Crippen LogP contribution >= 0.6 is 15.9 Å². The highest BCUT2D eigenvalue weighted by molar-refractivity contribution is 9.10. The zero-order valence-corrected chi connectivity index (χ0v) is 12.3. The van der Waals surface area contributed by atoms with Crippen molar-refractivity contribution in [2.75, 3.05) is 0 Å². The van der Waals surface area contributed by atoms with Crippen LogP contribution in [0.25, 0.3) is 11.3 Å². The second-order valence-electron chi connectivity index (χ2n) is 4.62. The van der Waals surface area contributed by atoms with E-state index in [9.17, 15) is 4.79 Å². The van der Waals surface area contributed by atoms with Crippen LogP contribution in [0.4, 0.5) is 0 Å². The monoisotopic (exact) mass is 328 g/mol. The third kappa shape index (κ3) is 2.51. The summed E-state index contributed by atoms with van der Waals surface area (Å²) in [5.41, 5.74) is 1.77. The van der Waals surface area contributed by atoms with Crippen molar-refractivity contribution in [3.05, 3.63) is 75.8 Å². The quantitative estimate of drug-likeness (QED) is 0.841. The summed E-state index contributed by atoms with van der Waals surface area (Å²) in [6.45, 7) is 0. The van der Waals surface area contributed by atoms with Crippen LogP contribution in [0.2, 0.25) is 0 Å². The minimum Gasteiger partial charge on any atom is -0.307 e. The minimum atomic E-state index is -0.0189. The van der Waals surface area contributed by atoms with Gasteiger partial charge in [0.25, 0.3) is 5.56 Å². The predicted molar refractivity (Wildman–Crippen MR) is 83.6 cm³/mol. The molecule has 4 heteroatoms. The Morgan fingerprint density at radius 3 is 2.90 bits per heavy atom. The molecule has 1 aliphatic rings. The molecule has 0 fully saturated rings. The van der Waals surface area contributed by atoms with Crippen molar-refractivity contribution in [1.29, 1.82) is 0 Å². The van der Waals surface area contributed by atoms with Gasteiger partial charge in [-0.15, -0.1) is 0 Å². The van der Waals surface area contributed by atoms with Crippen LogP contribution in [0.5, 0.6) is 0 Å². The first-order valence-electron chi connectivity index (χ1n) is 6.42. The lowest BCUT2D eigenvalue weighted by Crippen LogP contribution is -2.24. The largest absolute Gasteiger partial charge is 0.307 e. The Morgan fingerprint density at radius 1 is 1.30 bits per heavy atom. The van der Waals surface area contributed by atoms with Crippen molar-refractivity contribution in [2.45, 2.75) is 12.5 Å². The smallest absolute Gasteiger partial charge is 0.265 e. The summed E-state index contributed by atoms with van der Waals surface area (Å²) in [5, 5.41) is 0. The summed E-state index contributed by atoms with van der Waals surface area (Å²) in [7, 11) is 0. The van der Waals surface area contributed by atoms with Crippen molar-refractivity contribution in [3.8, 4) is 11.3 Å². The lowest BCUT2D eigenvalue weighted by Gasteiger charge is -2.18. The summed E-state index contributed by atoms with van der Waals surface area (Å²) >= 11 is 3.36. The molecule has 0 radical (unpaired) electrons. The molecule has 100 valence electrons. The van der Waals surface area contributed by atoms with Gasteiger partial charge in [-0.05, 0) is 40.5 Å². The number of aromatic nitrogens is 2. The lowest BCUT2D eigenvalue weighted by molar-refractivity contribution is 0.584. The first-order valence-corrected chi connectivity index (χ1v) is 7.21. The third-order valence-electron chi connectivity index (χ3n) is 3.28. The van der Waals surface area contributed by atoms with Gasteiger partial charge in [-0.25, -0.2) is 0 Å². The fraction of sp³-hybridized carbons (Fsp3) is 0.125. The van der Waals surface area contributed by atoms with Crippen LogP contribution in [-0.4, -0.2) is 9.55 Å². The Kier molecular flexibility index (Phi) is 3.65. The molecule has 0 saturated carbocycles. The number of hydrogen-bond acceptors (Lipinski definition) is 2. The van der Waals surface area contributed by atoms with E-state index in [1.54, 1.807) is 10.8 Å². The Bertz CT molecular complexity index is 732. The molecule has 0 aliphatic heterocycles. The Hall–Kier alpha value is -1.94. The SMILES string of the molecule is O=c1c(Br)cc(-c2ccccn2)cn1C1C=CC=CC1. The molecule has 0 amide bonds. The van der Waals surface area contributed by atoms with Crippen molar-refractivity contribution in [2.24, 2.45) is 0 Å². The van der Waals surface area contributed by atoms with E-state index in [-0.39, 0.29) is 11.6 Å². The molecule has 3 rings (SSSR count). The van der Waals surface area contributed by atoms with E-state index in [2.05, 4.69) is 27.0 Å². The average Bonchev–Trinajstić information content (AvgIpc) is 2.51. The van der Waals surface area contributed by atoms with Gasteiger partial charge in [-0.3, -0.25) is 9.78 Å². The highest BCUT2D eigenvalue weighted by Gasteiger charge is 2.13. The van der Waals surface area contributed by atoms with E-state index in [1.807, 2.05) is 48.7 Å². The molecule has 0 bridgehead atoms. The second kappa shape index (κ2) is 5.59. The lowest BCUT2D eigenvalue weighted by atomic mass is 10.1. The number of halogens is 1. The molecular formula is C16H13BrN2O. The van der Waals surface area contributed by atoms with Crippen molar-refractivity contribution >= 4 is 15.9 Å². The fourth-order valence-corrected chi connectivity index (χ4v) is 2.71. The van der Waals surface area contributed by atoms with E-state index in [0.29, 0.717) is 4.47 Å². The predicted octanol–water partition coefficient (Wildman–Crippen LogP) is 3.73. The van der Waals surface area contributed by atoms with Crippen LogP contribution < -0.4 is 5.56 Å². The molecule has 0 N–H and O–H groups in total. The van der Waals surface area contributed by atoms with Gasteiger partial charge in [0.2, 0.25) is 0 Å². The van der Waals surface area contributed by atoms with Gasteiger partial charge in [-0.1, -0.05) is 30.4 Å². The Balaban J connectivity index is 2.11. The summed E-state index contributed by atoms with van der Waals surface area (Å²) in [6.07, 6.45) is 12.5. The second-order valence-corrected chi connectivity index (χ2v) is 5.47. The van der Waals surface area contributed by atoms with Crippen molar-refractivity contribution in [1.82, 2.24) is 9.55 Å². The molecule has 2 aromatic rings. The Morgan fingerprint density at radius 2 is 2.20 bits per heavy atom. The van der Waals surface area contributed by atoms with Crippen molar-refractivity contribution < 1.29 is 0 Å². The van der Waals surface area contributed by atoms with Gasteiger partial charge in [-0.2, -0.15) is 0 Å². The number of hydrogen-bond donors (Lipinski definition) is 0. The molecule has 0 aromatic carbocycles. The molecule has 2 aromatic heterocycles. The number of pyridine rings is 2. The minimum absolute atomic E-state index is 0.0189. The first-order chi connectivity index (χ1) is 9.75. The fourth-order valence-electron chi connectivity index (χ4n) is 2.26. The van der Waals surface area contributed by atoms with Crippen LogP contribution in [0.3, 0.4) is 0 Å². The van der Waals surface area contributed by atoms with Crippen molar-refractivity contribution in [3.63, 3.8) is 0 Å². The first kappa shape index (κ1) is 13.1. The average molecular weight is 329 g/mol. The number of rotatable bonds is 2. The van der Waals surface area contributed by atoms with E-state index in [1.165, 1.54) is 0 Å². The molecule has 20 heavy (non-hydrogen) atoms. The zero-order chi connectivity index (χ0) is 13.9. The van der Waals surface area contributed by atoms with Crippen LogP contribution in [0, 0.1) is 0 Å². The van der Waals surface area contributed by atoms with E-state index in [0.717, 1.165) is 17.7 Å². The van der Waals surface area contributed by atoms with Crippen LogP contribution in [0.1, 0.15) is 12.5 Å². The van der Waals surface area contributed by atoms with E-state index >= 15 is 0 Å². The summed E-state index contributed by atoms with van der Waals surface area (Å²) < 4.78 is 2.32.